The SMILES string of the molecule is CC(C)(F)[C@H]1OC[C@]2(c3ccccc3F)N=C(N)[C@@](C)(C#N)C[C@H]12. The molecule has 0 aliphatic carbocycles. The lowest BCUT2D eigenvalue weighted by atomic mass is 9.65. The van der Waals surface area contributed by atoms with Crippen LogP contribution in [0, 0.1) is 28.5 Å². The van der Waals surface area contributed by atoms with Crippen molar-refractivity contribution >= 4 is 5.84 Å². The fraction of sp³-hybridized carbons (Fsp3) is 0.556. The molecule has 0 aromatic heterocycles. The molecule has 1 saturated heterocycles. The highest BCUT2D eigenvalue weighted by atomic mass is 19.1. The number of ether oxygens (including phenoxy) is 1. The monoisotopic (exact) mass is 333 g/mol. The maximum Gasteiger partial charge on any atom is 0.131 e. The summed E-state index contributed by atoms with van der Waals surface area (Å²) in [6.45, 7) is 4.58. The maximum atomic E-state index is 14.7. The van der Waals surface area contributed by atoms with Crippen LogP contribution in [-0.2, 0) is 10.3 Å². The number of benzene rings is 1. The third-order valence-electron chi connectivity index (χ3n) is 5.24. The number of nitrogens with zero attached hydrogens (tertiary/aromatic N) is 2. The van der Waals surface area contributed by atoms with E-state index in [2.05, 4.69) is 11.1 Å². The van der Waals surface area contributed by atoms with Gasteiger partial charge in [0.1, 0.15) is 28.3 Å². The minimum Gasteiger partial charge on any atom is -0.386 e. The zero-order valence-corrected chi connectivity index (χ0v) is 14.0. The van der Waals surface area contributed by atoms with Crippen LogP contribution in [0.5, 0.6) is 0 Å². The molecule has 0 radical (unpaired) electrons. The van der Waals surface area contributed by atoms with E-state index in [1.165, 1.54) is 19.9 Å². The van der Waals surface area contributed by atoms with Crippen molar-refractivity contribution in [1.29, 1.82) is 5.26 Å². The number of nitrogens with two attached hydrogens (primary N) is 1. The lowest BCUT2D eigenvalue weighted by Gasteiger charge is -2.43. The van der Waals surface area contributed by atoms with Gasteiger partial charge in [-0.25, -0.2) is 8.78 Å². The molecular weight excluding hydrogens is 312 g/mol. The largest absolute Gasteiger partial charge is 0.386 e. The van der Waals surface area contributed by atoms with E-state index in [1.54, 1.807) is 25.1 Å². The molecule has 2 aliphatic rings. The van der Waals surface area contributed by atoms with Crippen molar-refractivity contribution < 1.29 is 13.5 Å². The Morgan fingerprint density at radius 1 is 1.42 bits per heavy atom. The van der Waals surface area contributed by atoms with Crippen LogP contribution in [0.1, 0.15) is 32.8 Å². The Kier molecular flexibility index (Phi) is 3.68. The van der Waals surface area contributed by atoms with Crippen LogP contribution >= 0.6 is 0 Å². The van der Waals surface area contributed by atoms with Gasteiger partial charge in [-0.15, -0.1) is 0 Å². The summed E-state index contributed by atoms with van der Waals surface area (Å²) >= 11 is 0. The first-order valence-electron chi connectivity index (χ1n) is 7.97. The van der Waals surface area contributed by atoms with E-state index in [0.29, 0.717) is 5.56 Å². The molecule has 24 heavy (non-hydrogen) atoms. The molecule has 2 N–H and O–H groups in total. The second-order valence-corrected chi connectivity index (χ2v) is 7.45. The molecule has 0 amide bonds. The van der Waals surface area contributed by atoms with Crippen LogP contribution < -0.4 is 5.73 Å². The Morgan fingerprint density at radius 3 is 2.67 bits per heavy atom. The van der Waals surface area contributed by atoms with E-state index in [0.717, 1.165) is 0 Å². The minimum atomic E-state index is -1.64. The summed E-state index contributed by atoms with van der Waals surface area (Å²) in [5.41, 5.74) is 2.64. The molecular formula is C18H21F2N3O. The predicted octanol–water partition coefficient (Wildman–Crippen LogP) is 3.07. The molecule has 1 fully saturated rings. The Labute approximate surface area is 140 Å². The number of rotatable bonds is 2. The molecule has 2 heterocycles. The number of fused-ring (bicyclic) bond motifs is 1. The Hall–Kier alpha value is -2.00. The van der Waals surface area contributed by atoms with Gasteiger partial charge in [0.15, 0.2) is 0 Å². The van der Waals surface area contributed by atoms with Crippen LogP contribution in [0.4, 0.5) is 8.78 Å². The first kappa shape index (κ1) is 16.8. The number of amidine groups is 1. The Bertz CT molecular complexity index is 737. The summed E-state index contributed by atoms with van der Waals surface area (Å²) in [7, 11) is 0. The molecule has 3 rings (SSSR count). The summed E-state index contributed by atoms with van der Waals surface area (Å²) in [6.07, 6.45) is -0.521. The lowest BCUT2D eigenvalue weighted by Crippen LogP contribution is -2.52. The minimum absolute atomic E-state index is 0.0405. The van der Waals surface area contributed by atoms with Gasteiger partial charge in [-0.3, -0.25) is 4.99 Å². The fourth-order valence-electron chi connectivity index (χ4n) is 3.89. The number of hydrogen-bond acceptors (Lipinski definition) is 4. The van der Waals surface area contributed by atoms with Crippen LogP contribution in [0.3, 0.4) is 0 Å². The summed E-state index contributed by atoms with van der Waals surface area (Å²) < 4.78 is 35.0. The summed E-state index contributed by atoms with van der Waals surface area (Å²) in [4.78, 5) is 4.53. The second kappa shape index (κ2) is 5.25. The normalized spacial score (nSPS) is 35.9. The van der Waals surface area contributed by atoms with Crippen LogP contribution in [0.2, 0.25) is 0 Å². The number of halogens is 2. The summed E-state index contributed by atoms with van der Waals surface area (Å²) in [6, 6.07) is 8.45. The van der Waals surface area contributed by atoms with Crippen molar-refractivity contribution in [2.45, 2.75) is 44.5 Å². The molecule has 128 valence electrons. The molecule has 6 heteroatoms. The summed E-state index contributed by atoms with van der Waals surface area (Å²) in [5.74, 6) is -0.766. The van der Waals surface area contributed by atoms with Gasteiger partial charge >= 0.3 is 0 Å². The highest BCUT2D eigenvalue weighted by molar-refractivity contribution is 5.90. The Balaban J connectivity index is 2.22. The zero-order valence-electron chi connectivity index (χ0n) is 14.0. The van der Waals surface area contributed by atoms with Crippen molar-refractivity contribution in [3.05, 3.63) is 35.6 Å². The van der Waals surface area contributed by atoms with Gasteiger partial charge in [-0.2, -0.15) is 5.26 Å². The zero-order chi connectivity index (χ0) is 17.8. The van der Waals surface area contributed by atoms with Gasteiger partial charge in [0, 0.05) is 11.5 Å². The van der Waals surface area contributed by atoms with Crippen molar-refractivity contribution in [3.8, 4) is 6.07 Å². The third-order valence-corrected chi connectivity index (χ3v) is 5.24. The van der Waals surface area contributed by atoms with Gasteiger partial charge in [0.2, 0.25) is 0 Å². The molecule has 4 atom stereocenters. The van der Waals surface area contributed by atoms with Crippen molar-refractivity contribution in [2.24, 2.45) is 22.1 Å². The fourth-order valence-corrected chi connectivity index (χ4v) is 3.89. The molecule has 0 bridgehead atoms. The maximum absolute atomic E-state index is 14.7. The topological polar surface area (TPSA) is 71.4 Å². The average molecular weight is 333 g/mol. The van der Waals surface area contributed by atoms with E-state index < -0.39 is 34.5 Å². The number of hydrogen-bond donors (Lipinski definition) is 1. The highest BCUT2D eigenvalue weighted by Gasteiger charge is 2.61. The first-order chi connectivity index (χ1) is 11.1. The number of nitriles is 1. The summed E-state index contributed by atoms with van der Waals surface area (Å²) in [5, 5.41) is 9.52. The molecule has 0 saturated carbocycles. The van der Waals surface area contributed by atoms with E-state index in [-0.39, 0.29) is 18.9 Å². The van der Waals surface area contributed by atoms with Crippen molar-refractivity contribution in [1.82, 2.24) is 0 Å². The van der Waals surface area contributed by atoms with Gasteiger partial charge in [-0.1, -0.05) is 18.2 Å². The second-order valence-electron chi connectivity index (χ2n) is 7.45. The smallest absolute Gasteiger partial charge is 0.131 e. The first-order valence-corrected chi connectivity index (χ1v) is 7.97. The van der Waals surface area contributed by atoms with Crippen LogP contribution in [0.25, 0.3) is 0 Å². The lowest BCUT2D eigenvalue weighted by molar-refractivity contribution is -0.0285. The molecule has 2 aliphatic heterocycles. The average Bonchev–Trinajstić information content (AvgIpc) is 2.87. The molecule has 1 aromatic carbocycles. The van der Waals surface area contributed by atoms with Gasteiger partial charge in [0.25, 0.3) is 0 Å². The van der Waals surface area contributed by atoms with E-state index in [4.69, 9.17) is 10.5 Å². The standard InChI is InChI=1S/C18H21F2N3O/c1-16(2,20)14-12-8-17(3,9-21)15(22)23-18(12,10-24-14)11-6-4-5-7-13(11)19/h4-7,12,14H,8,10H2,1-3H3,(H2,22,23)/t12-,14+,17-,18-/m1/s1. The number of alkyl halides is 1. The highest BCUT2D eigenvalue weighted by Crippen LogP contribution is 2.54. The third kappa shape index (κ3) is 2.30. The quantitative estimate of drug-likeness (QED) is 0.904. The predicted molar refractivity (Wildman–Crippen MR) is 86.5 cm³/mol. The van der Waals surface area contributed by atoms with E-state index in [1.807, 2.05) is 0 Å². The van der Waals surface area contributed by atoms with Gasteiger partial charge < -0.3 is 10.5 Å². The van der Waals surface area contributed by atoms with Crippen LogP contribution in [-0.4, -0.2) is 24.2 Å². The van der Waals surface area contributed by atoms with Gasteiger partial charge in [0.05, 0.1) is 18.8 Å². The van der Waals surface area contributed by atoms with Crippen molar-refractivity contribution in [3.63, 3.8) is 0 Å². The molecule has 4 nitrogen and oxygen atoms in total. The van der Waals surface area contributed by atoms with E-state index in [9.17, 15) is 14.0 Å². The molecule has 0 spiro atoms. The van der Waals surface area contributed by atoms with Crippen LogP contribution in [0.15, 0.2) is 29.3 Å². The Morgan fingerprint density at radius 2 is 2.08 bits per heavy atom. The number of aliphatic imine (C=N–C) groups is 1. The van der Waals surface area contributed by atoms with E-state index >= 15 is 0 Å². The van der Waals surface area contributed by atoms with Crippen molar-refractivity contribution in [2.75, 3.05) is 6.61 Å². The molecule has 1 aromatic rings. The molecule has 0 unspecified atom stereocenters. The van der Waals surface area contributed by atoms with Gasteiger partial charge in [-0.05, 0) is 33.3 Å².